The molecule has 4 heteroatoms. The van der Waals surface area contributed by atoms with Crippen molar-refractivity contribution < 1.29 is 14.7 Å². The molecule has 0 heterocycles. The molecule has 0 aliphatic rings. The molecule has 155 valence electrons. The smallest absolute Gasteiger partial charge is 0.172 e. The average molecular weight is 480 g/mol. The van der Waals surface area contributed by atoms with E-state index in [1.54, 1.807) is 0 Å². The molecule has 0 unspecified atom stereocenters. The second-order valence-corrected chi connectivity index (χ2v) is 12.8. The van der Waals surface area contributed by atoms with Crippen LogP contribution in [0.1, 0.15) is 0 Å². The Labute approximate surface area is 193 Å². The Hall–Kier alpha value is -1.67. The van der Waals surface area contributed by atoms with Gasteiger partial charge in [0.1, 0.15) is 0 Å². The van der Waals surface area contributed by atoms with Crippen molar-refractivity contribution in [2.24, 2.45) is 0 Å². The van der Waals surface area contributed by atoms with Gasteiger partial charge in [-0.25, -0.2) is 60.7 Å². The van der Waals surface area contributed by atoms with Crippen LogP contribution in [-0.4, -0.2) is 0 Å². The molecule has 5 aromatic carbocycles. The molecule has 29 heavy (non-hydrogen) atoms. The molecule has 0 aliphatic heterocycles. The van der Waals surface area contributed by atoms with E-state index in [0.717, 1.165) is 0 Å². The summed E-state index contributed by atoms with van der Waals surface area (Å²) in [4.78, 5) is 0. The summed E-state index contributed by atoms with van der Waals surface area (Å²) in [5.41, 5.74) is 0. The van der Waals surface area contributed by atoms with Crippen molar-refractivity contribution in [3.8, 4) is 0 Å². The number of hydrogen-bond donors (Lipinski definition) is 0. The average Bonchev–Trinajstić information content (AvgIpc) is 3.62. The van der Waals surface area contributed by atoms with Gasteiger partial charge in [0, 0.05) is 0 Å². The van der Waals surface area contributed by atoms with Crippen LogP contribution in [0.15, 0.2) is 152 Å². The van der Waals surface area contributed by atoms with Gasteiger partial charge in [0.05, 0.1) is 0 Å². The van der Waals surface area contributed by atoms with Gasteiger partial charge in [-0.15, -0.1) is 0 Å². The maximum Gasteiger partial charge on any atom is -0.172 e. The largest absolute Gasteiger partial charge is 0.214 e. The fourth-order valence-electron chi connectivity index (χ4n) is 1.60. The standard InChI is InChI=1S/5C5H5.3ClH.Ti/c5*1-2-4-5-3-1;;;;/h5*1-5H;3*1H;/q5*-1;;;;+3/p-3. The summed E-state index contributed by atoms with van der Waals surface area (Å²) in [6.45, 7) is 0. The molecule has 0 bridgehead atoms. The van der Waals surface area contributed by atoms with Crippen molar-refractivity contribution in [1.82, 2.24) is 0 Å². The van der Waals surface area contributed by atoms with Crippen LogP contribution < -0.4 is 0 Å². The van der Waals surface area contributed by atoms with Crippen LogP contribution in [0, 0.1) is 0 Å². The van der Waals surface area contributed by atoms with Crippen LogP contribution in [0.2, 0.25) is 0 Å². The topological polar surface area (TPSA) is 0 Å². The van der Waals surface area contributed by atoms with Crippen LogP contribution in [0.5, 0.6) is 0 Å². The first-order valence-electron chi connectivity index (χ1n) is 8.90. The van der Waals surface area contributed by atoms with Gasteiger partial charge in [-0.1, -0.05) is 0 Å². The molecule has 0 atom stereocenters. The van der Waals surface area contributed by atoms with Crippen molar-refractivity contribution in [2.75, 3.05) is 0 Å². The molecule has 0 radical (unpaired) electrons. The van der Waals surface area contributed by atoms with Crippen molar-refractivity contribution in [3.63, 3.8) is 0 Å². The molecular formula is C25H25Cl3Ti-5. The zero-order valence-electron chi connectivity index (χ0n) is 16.1. The van der Waals surface area contributed by atoms with E-state index >= 15 is 0 Å². The molecule has 0 aromatic heterocycles. The number of rotatable bonds is 0. The zero-order valence-corrected chi connectivity index (χ0v) is 19.9. The van der Waals surface area contributed by atoms with Gasteiger partial charge in [0.15, 0.2) is 0 Å². The quantitative estimate of drug-likeness (QED) is 0.153. The molecule has 0 fully saturated rings. The van der Waals surface area contributed by atoms with E-state index in [1.807, 2.05) is 152 Å². The molecule has 0 amide bonds. The molecule has 5 aromatic rings. The second kappa shape index (κ2) is 24.4. The fraction of sp³-hybridized carbons (Fsp3) is 0. The van der Waals surface area contributed by atoms with Crippen LogP contribution in [0.3, 0.4) is 0 Å². The molecule has 0 nitrogen and oxygen atoms in total. The van der Waals surface area contributed by atoms with Gasteiger partial charge in [0.2, 0.25) is 0 Å². The third kappa shape index (κ3) is 28.6. The van der Waals surface area contributed by atoms with Crippen molar-refractivity contribution in [3.05, 3.63) is 152 Å². The summed E-state index contributed by atoms with van der Waals surface area (Å²) in [5.74, 6) is 0. The van der Waals surface area contributed by atoms with Crippen LogP contribution in [-0.2, 0) is 14.7 Å². The van der Waals surface area contributed by atoms with E-state index in [-0.39, 0.29) is 0 Å². The maximum atomic E-state index is 4.97. The Balaban J connectivity index is 0.000000325. The monoisotopic (exact) mass is 478 g/mol. The number of hydrogen-bond acceptors (Lipinski definition) is 0. The molecule has 0 spiro atoms. The van der Waals surface area contributed by atoms with Gasteiger partial charge >= 0.3 is 42.6 Å². The molecule has 0 saturated carbocycles. The van der Waals surface area contributed by atoms with Gasteiger partial charge in [-0.2, -0.15) is 91.0 Å². The molecule has 0 N–H and O–H groups in total. The first kappa shape index (κ1) is 27.3. The Morgan fingerprint density at radius 2 is 0.414 bits per heavy atom. The normalized spacial score (nSPS) is 7.83. The molecule has 0 aliphatic carbocycles. The fourth-order valence-corrected chi connectivity index (χ4v) is 1.60. The van der Waals surface area contributed by atoms with Gasteiger partial charge in [-0.3, -0.25) is 0 Å². The maximum absolute atomic E-state index is 4.97. The predicted molar refractivity (Wildman–Crippen MR) is 128 cm³/mol. The van der Waals surface area contributed by atoms with E-state index < -0.39 is 14.7 Å². The summed E-state index contributed by atoms with van der Waals surface area (Å²) in [7, 11) is 14.9. The summed E-state index contributed by atoms with van der Waals surface area (Å²) >= 11 is -1.92. The van der Waals surface area contributed by atoms with Crippen LogP contribution in [0.25, 0.3) is 0 Å². The molecule has 5 rings (SSSR count). The summed E-state index contributed by atoms with van der Waals surface area (Å²) in [6, 6.07) is 50.0. The van der Waals surface area contributed by atoms with Crippen molar-refractivity contribution >= 4 is 27.9 Å². The van der Waals surface area contributed by atoms with Gasteiger partial charge in [-0.05, 0) is 0 Å². The molecule has 0 saturated heterocycles. The Kier molecular flexibility index (Phi) is 23.0. The van der Waals surface area contributed by atoms with Crippen LogP contribution in [0.4, 0.5) is 0 Å². The minimum Gasteiger partial charge on any atom is -0.214 e. The summed E-state index contributed by atoms with van der Waals surface area (Å²) in [6.07, 6.45) is 0. The summed E-state index contributed by atoms with van der Waals surface area (Å²) < 4.78 is 0. The third-order valence-electron chi connectivity index (χ3n) is 2.78. The van der Waals surface area contributed by atoms with Crippen LogP contribution >= 0.6 is 27.9 Å². The zero-order chi connectivity index (χ0) is 21.3. The minimum absolute atomic E-state index is 1.92. The first-order chi connectivity index (χ1) is 14.2. The van der Waals surface area contributed by atoms with Crippen molar-refractivity contribution in [1.29, 1.82) is 0 Å². The van der Waals surface area contributed by atoms with E-state index in [4.69, 9.17) is 27.9 Å². The number of halogens is 3. The Bertz CT molecular complexity index is 495. The van der Waals surface area contributed by atoms with E-state index in [9.17, 15) is 0 Å². The third-order valence-corrected chi connectivity index (χ3v) is 2.78. The predicted octanol–water partition coefficient (Wildman–Crippen LogP) is 9.09. The van der Waals surface area contributed by atoms with E-state index in [0.29, 0.717) is 0 Å². The summed E-state index contributed by atoms with van der Waals surface area (Å²) in [5, 5.41) is 0. The Morgan fingerprint density at radius 1 is 0.310 bits per heavy atom. The Morgan fingerprint density at radius 3 is 0.448 bits per heavy atom. The molecular weight excluding hydrogens is 455 g/mol. The second-order valence-electron chi connectivity index (χ2n) is 5.03. The van der Waals surface area contributed by atoms with E-state index in [2.05, 4.69) is 0 Å². The van der Waals surface area contributed by atoms with E-state index in [1.165, 1.54) is 0 Å². The van der Waals surface area contributed by atoms with Gasteiger partial charge in [0.25, 0.3) is 0 Å². The van der Waals surface area contributed by atoms with Gasteiger partial charge < -0.3 is 0 Å². The van der Waals surface area contributed by atoms with Crippen molar-refractivity contribution in [2.45, 2.75) is 0 Å². The first-order valence-corrected chi connectivity index (χ1v) is 15.3. The minimum atomic E-state index is -1.92. The SMILES string of the molecule is [Cl][Ti]([Cl])[Cl].c1cc[cH-]c1.c1cc[cH-]c1.c1cc[cH-]c1.c1cc[cH-]c1.c1cc[cH-]c1.